The summed E-state index contributed by atoms with van der Waals surface area (Å²) in [4.78, 5) is 33.4. The molecule has 0 radical (unpaired) electrons. The van der Waals surface area contributed by atoms with Crippen LogP contribution < -0.4 is 10.2 Å². The van der Waals surface area contributed by atoms with Gasteiger partial charge in [-0.2, -0.15) is 0 Å². The van der Waals surface area contributed by atoms with Crippen molar-refractivity contribution in [2.45, 2.75) is 19.8 Å². The van der Waals surface area contributed by atoms with Crippen molar-refractivity contribution >= 4 is 41.7 Å². The van der Waals surface area contributed by atoms with Gasteiger partial charge in [-0.3, -0.25) is 9.59 Å². The molecule has 1 aliphatic rings. The third kappa shape index (κ3) is 5.11. The number of benzene rings is 2. The van der Waals surface area contributed by atoms with Crippen LogP contribution in [0.4, 0.5) is 15.6 Å². The molecule has 3 aromatic rings. The number of carbonyl (C=O) groups is 2. The molecule has 4 rings (SSSR count). The van der Waals surface area contributed by atoms with E-state index in [1.165, 1.54) is 11.3 Å². The molecule has 1 fully saturated rings. The lowest BCUT2D eigenvalue weighted by Gasteiger charge is -2.36. The Balaban J connectivity index is 1.59. The second-order valence-corrected chi connectivity index (χ2v) is 9.84. The predicted molar refractivity (Wildman–Crippen MR) is 137 cm³/mol. The number of hydrogen-bond donors (Lipinski definition) is 1. The average Bonchev–Trinajstić information content (AvgIpc) is 3.33. The highest BCUT2D eigenvalue weighted by Crippen LogP contribution is 2.42. The maximum absolute atomic E-state index is 13.3. The van der Waals surface area contributed by atoms with Crippen molar-refractivity contribution in [2.75, 3.05) is 36.4 Å². The highest BCUT2D eigenvalue weighted by atomic mass is 32.1. The van der Waals surface area contributed by atoms with Gasteiger partial charge in [0.25, 0.3) is 0 Å². The van der Waals surface area contributed by atoms with Crippen LogP contribution in [0.2, 0.25) is 0 Å². The molecule has 170 valence electrons. The molecule has 8 heteroatoms. The number of anilines is 2. The van der Waals surface area contributed by atoms with E-state index in [0.29, 0.717) is 5.13 Å². The third-order valence-corrected chi connectivity index (χ3v) is 7.10. The zero-order valence-corrected chi connectivity index (χ0v) is 20.1. The number of hydrogen-bond acceptors (Lipinski definition) is 5. The van der Waals surface area contributed by atoms with Crippen molar-refractivity contribution < 1.29 is 9.59 Å². The first-order valence-corrected chi connectivity index (χ1v) is 12.1. The molecule has 1 N–H and O–H groups in total. The van der Waals surface area contributed by atoms with E-state index < -0.39 is 5.41 Å². The molecule has 0 aliphatic carbocycles. The number of thiazole rings is 1. The Hall–Kier alpha value is -3.13. The third-order valence-electron chi connectivity index (χ3n) is 6.41. The van der Waals surface area contributed by atoms with Crippen LogP contribution in [-0.2, 0) is 4.79 Å². The van der Waals surface area contributed by atoms with E-state index in [-0.39, 0.29) is 17.6 Å². The number of aromatic nitrogens is 1. The van der Waals surface area contributed by atoms with Crippen LogP contribution in [0.3, 0.4) is 0 Å². The SMILES string of the molecule is BC(=O)N1CCN(c2ccc(C(c3ccccc3)C(C)(C)C(=O)Nc3nccs3)cc2)CC1. The highest BCUT2D eigenvalue weighted by Gasteiger charge is 2.39. The molecule has 0 saturated carbocycles. The number of carbonyl (C=O) groups excluding carboxylic acids is 2. The van der Waals surface area contributed by atoms with E-state index in [1.807, 2.05) is 42.3 Å². The number of nitrogens with one attached hydrogen (secondary N) is 1. The van der Waals surface area contributed by atoms with E-state index in [0.717, 1.165) is 43.0 Å². The smallest absolute Gasteiger partial charge is 0.232 e. The van der Waals surface area contributed by atoms with Crippen molar-refractivity contribution in [1.82, 2.24) is 9.88 Å². The molecule has 0 spiro atoms. The zero-order chi connectivity index (χ0) is 23.4. The number of amides is 2. The van der Waals surface area contributed by atoms with Crippen LogP contribution in [0.1, 0.15) is 30.9 Å². The lowest BCUT2D eigenvalue weighted by Crippen LogP contribution is -2.48. The summed E-state index contributed by atoms with van der Waals surface area (Å²) >= 11 is 1.42. The van der Waals surface area contributed by atoms with Gasteiger partial charge in [-0.25, -0.2) is 4.98 Å². The van der Waals surface area contributed by atoms with E-state index in [4.69, 9.17) is 0 Å². The van der Waals surface area contributed by atoms with Crippen LogP contribution in [0.15, 0.2) is 66.2 Å². The summed E-state index contributed by atoms with van der Waals surface area (Å²) < 4.78 is 0. The summed E-state index contributed by atoms with van der Waals surface area (Å²) in [6.07, 6.45) is 1.69. The van der Waals surface area contributed by atoms with Crippen LogP contribution in [0, 0.1) is 5.41 Å². The van der Waals surface area contributed by atoms with E-state index in [1.54, 1.807) is 14.0 Å². The first-order valence-electron chi connectivity index (χ1n) is 11.2. The molecule has 6 nitrogen and oxygen atoms in total. The number of nitrogens with zero attached hydrogens (tertiary/aromatic N) is 3. The van der Waals surface area contributed by atoms with Crippen molar-refractivity contribution in [3.63, 3.8) is 0 Å². The summed E-state index contributed by atoms with van der Waals surface area (Å²) in [5, 5.41) is 5.45. The van der Waals surface area contributed by atoms with Crippen LogP contribution >= 0.6 is 11.3 Å². The molecule has 33 heavy (non-hydrogen) atoms. The first kappa shape index (κ1) is 23.0. The van der Waals surface area contributed by atoms with Gasteiger partial charge in [0, 0.05) is 49.4 Å². The van der Waals surface area contributed by atoms with Crippen molar-refractivity contribution in [2.24, 2.45) is 5.41 Å². The Kier molecular flexibility index (Phi) is 6.84. The minimum atomic E-state index is -0.707. The predicted octanol–water partition coefficient (Wildman–Crippen LogP) is 3.82. The summed E-state index contributed by atoms with van der Waals surface area (Å²) in [5.41, 5.74) is 2.62. The first-order chi connectivity index (χ1) is 15.9. The Morgan fingerprint density at radius 2 is 1.64 bits per heavy atom. The molecule has 1 aromatic heterocycles. The standard InChI is InChI=1S/C25H29BN4O2S/c1-25(2,22(31)28-24-27-12-17-33-24)21(18-6-4-3-5-7-18)19-8-10-20(11-9-19)29-13-15-30(16-14-29)23(26)32/h3-12,17,21H,13-16,26H2,1-2H3,(H,27,28,31). The molecular weight excluding hydrogens is 431 g/mol. The average molecular weight is 460 g/mol. The molecule has 2 aromatic carbocycles. The lowest BCUT2D eigenvalue weighted by molar-refractivity contribution is -0.124. The van der Waals surface area contributed by atoms with Gasteiger partial charge in [0.05, 0.1) is 5.41 Å². The van der Waals surface area contributed by atoms with Crippen molar-refractivity contribution in [1.29, 1.82) is 0 Å². The van der Waals surface area contributed by atoms with Crippen LogP contribution in [0.5, 0.6) is 0 Å². The molecule has 1 saturated heterocycles. The summed E-state index contributed by atoms with van der Waals surface area (Å²) in [5.74, 6) is -0.0491. The second kappa shape index (κ2) is 9.79. The van der Waals surface area contributed by atoms with Gasteiger partial charge in [0.15, 0.2) is 10.9 Å². The van der Waals surface area contributed by atoms with Gasteiger partial charge in [-0.15, -0.1) is 11.3 Å². The fourth-order valence-electron chi connectivity index (χ4n) is 4.50. The Morgan fingerprint density at radius 3 is 2.21 bits per heavy atom. The molecule has 1 aliphatic heterocycles. The van der Waals surface area contributed by atoms with Gasteiger partial charge >= 0.3 is 0 Å². The van der Waals surface area contributed by atoms with Gasteiger partial charge < -0.3 is 15.1 Å². The minimum absolute atomic E-state index is 0.0595. The number of rotatable bonds is 6. The lowest BCUT2D eigenvalue weighted by atomic mass is 9.70. The summed E-state index contributed by atoms with van der Waals surface area (Å²) in [6, 6.07) is 18.7. The van der Waals surface area contributed by atoms with Gasteiger partial charge in [0.2, 0.25) is 13.8 Å². The Labute approximate surface area is 200 Å². The van der Waals surface area contributed by atoms with E-state index >= 15 is 0 Å². The van der Waals surface area contributed by atoms with Gasteiger partial charge in [-0.05, 0) is 23.3 Å². The summed E-state index contributed by atoms with van der Waals surface area (Å²) in [7, 11) is 1.63. The quantitative estimate of drug-likeness (QED) is 0.569. The Bertz CT molecular complexity index is 1080. The fraction of sp³-hybridized carbons (Fsp3) is 0.320. The molecular formula is C25H29BN4O2S. The van der Waals surface area contributed by atoms with E-state index in [9.17, 15) is 9.59 Å². The highest BCUT2D eigenvalue weighted by molar-refractivity contribution is 7.13. The summed E-state index contributed by atoms with van der Waals surface area (Å²) in [6.45, 7) is 7.11. The Morgan fingerprint density at radius 1 is 1.00 bits per heavy atom. The fourth-order valence-corrected chi connectivity index (χ4v) is 5.03. The maximum Gasteiger partial charge on any atom is 0.232 e. The monoisotopic (exact) mass is 460 g/mol. The molecule has 2 heterocycles. The minimum Gasteiger partial charge on any atom is -0.368 e. The van der Waals surface area contributed by atoms with Gasteiger partial charge in [-0.1, -0.05) is 56.3 Å². The van der Waals surface area contributed by atoms with Crippen LogP contribution in [0.25, 0.3) is 0 Å². The maximum atomic E-state index is 13.3. The van der Waals surface area contributed by atoms with Crippen LogP contribution in [-0.4, -0.2) is 55.6 Å². The zero-order valence-electron chi connectivity index (χ0n) is 19.3. The second-order valence-electron chi connectivity index (χ2n) is 8.94. The normalized spacial score (nSPS) is 15.2. The molecule has 2 amide bonds. The molecule has 1 atom stereocenters. The van der Waals surface area contributed by atoms with Crippen molar-refractivity contribution in [3.05, 3.63) is 77.3 Å². The van der Waals surface area contributed by atoms with Crippen molar-refractivity contribution in [3.8, 4) is 0 Å². The van der Waals surface area contributed by atoms with Gasteiger partial charge in [0.1, 0.15) is 0 Å². The molecule has 0 bridgehead atoms. The topological polar surface area (TPSA) is 65.5 Å². The van der Waals surface area contributed by atoms with E-state index in [2.05, 4.69) is 51.6 Å². The largest absolute Gasteiger partial charge is 0.368 e. The number of piperazine rings is 1. The molecule has 1 unspecified atom stereocenters.